The van der Waals surface area contributed by atoms with Crippen molar-refractivity contribution in [2.24, 2.45) is 11.8 Å². The standard InChI is InChI=1S/C15H24N2O2/c1-9-5-10(2)14(13(6-9)18-4)15(17-16)12-7-11(3)19-8-12/h5-6,11-12,15,17H,7-8,16H2,1-4H3. The summed E-state index contributed by atoms with van der Waals surface area (Å²) in [6.45, 7) is 7.03. The molecule has 19 heavy (non-hydrogen) atoms. The Morgan fingerprint density at radius 3 is 2.68 bits per heavy atom. The third-order valence-electron chi connectivity index (χ3n) is 3.90. The lowest BCUT2D eigenvalue weighted by Crippen LogP contribution is -2.34. The Bertz CT molecular complexity index is 448. The van der Waals surface area contributed by atoms with Crippen LogP contribution in [0.25, 0.3) is 0 Å². The highest BCUT2D eigenvalue weighted by Gasteiger charge is 2.32. The number of methoxy groups -OCH3 is 1. The van der Waals surface area contributed by atoms with Crippen LogP contribution in [0.5, 0.6) is 5.75 Å². The van der Waals surface area contributed by atoms with E-state index in [2.05, 4.69) is 38.3 Å². The number of hydrazine groups is 1. The number of hydrogen-bond donors (Lipinski definition) is 2. The topological polar surface area (TPSA) is 56.5 Å². The van der Waals surface area contributed by atoms with E-state index >= 15 is 0 Å². The lowest BCUT2D eigenvalue weighted by molar-refractivity contribution is 0.116. The van der Waals surface area contributed by atoms with Crippen molar-refractivity contribution in [3.63, 3.8) is 0 Å². The van der Waals surface area contributed by atoms with Gasteiger partial charge in [-0.15, -0.1) is 0 Å². The molecule has 1 aliphatic rings. The van der Waals surface area contributed by atoms with Gasteiger partial charge in [0.1, 0.15) is 5.75 Å². The van der Waals surface area contributed by atoms with Crippen LogP contribution in [0.2, 0.25) is 0 Å². The van der Waals surface area contributed by atoms with Crippen LogP contribution in [0.3, 0.4) is 0 Å². The minimum atomic E-state index is 0.0699. The first-order chi connectivity index (χ1) is 9.06. The van der Waals surface area contributed by atoms with E-state index in [1.54, 1.807) is 7.11 Å². The van der Waals surface area contributed by atoms with Gasteiger partial charge in [-0.2, -0.15) is 0 Å². The average Bonchev–Trinajstić information content (AvgIpc) is 2.78. The normalized spacial score (nSPS) is 24.5. The molecule has 4 heteroatoms. The summed E-state index contributed by atoms with van der Waals surface area (Å²) < 4.78 is 11.2. The molecule has 0 amide bonds. The lowest BCUT2D eigenvalue weighted by Gasteiger charge is -2.26. The van der Waals surface area contributed by atoms with E-state index in [-0.39, 0.29) is 6.04 Å². The van der Waals surface area contributed by atoms with Crippen molar-refractivity contribution in [1.29, 1.82) is 0 Å². The second-order valence-electron chi connectivity index (χ2n) is 5.48. The zero-order chi connectivity index (χ0) is 14.0. The summed E-state index contributed by atoms with van der Waals surface area (Å²) in [4.78, 5) is 0. The molecule has 1 aliphatic heterocycles. The molecule has 1 fully saturated rings. The Hall–Kier alpha value is -1.10. The highest BCUT2D eigenvalue weighted by molar-refractivity contribution is 5.45. The summed E-state index contributed by atoms with van der Waals surface area (Å²) in [5.74, 6) is 7.09. The van der Waals surface area contributed by atoms with Gasteiger partial charge in [-0.25, -0.2) is 0 Å². The first-order valence-electron chi connectivity index (χ1n) is 6.79. The van der Waals surface area contributed by atoms with Crippen molar-refractivity contribution in [2.75, 3.05) is 13.7 Å². The fourth-order valence-electron chi connectivity index (χ4n) is 3.04. The van der Waals surface area contributed by atoms with Gasteiger partial charge in [-0.05, 0) is 44.4 Å². The van der Waals surface area contributed by atoms with Gasteiger partial charge < -0.3 is 9.47 Å². The Labute approximate surface area is 115 Å². The molecule has 0 spiro atoms. The van der Waals surface area contributed by atoms with Gasteiger partial charge >= 0.3 is 0 Å². The van der Waals surface area contributed by atoms with Crippen molar-refractivity contribution >= 4 is 0 Å². The number of benzene rings is 1. The van der Waals surface area contributed by atoms with Crippen molar-refractivity contribution in [3.8, 4) is 5.75 Å². The highest BCUT2D eigenvalue weighted by Crippen LogP contribution is 2.37. The third-order valence-corrected chi connectivity index (χ3v) is 3.90. The smallest absolute Gasteiger partial charge is 0.124 e. The summed E-state index contributed by atoms with van der Waals surface area (Å²) >= 11 is 0. The van der Waals surface area contributed by atoms with E-state index in [1.807, 2.05) is 0 Å². The van der Waals surface area contributed by atoms with Gasteiger partial charge in [0, 0.05) is 11.5 Å². The molecule has 0 saturated carbocycles. The molecule has 1 heterocycles. The van der Waals surface area contributed by atoms with E-state index in [0.29, 0.717) is 12.0 Å². The van der Waals surface area contributed by atoms with E-state index in [4.69, 9.17) is 15.3 Å². The fourth-order valence-corrected chi connectivity index (χ4v) is 3.04. The highest BCUT2D eigenvalue weighted by atomic mass is 16.5. The van der Waals surface area contributed by atoms with Gasteiger partial charge in [-0.1, -0.05) is 6.07 Å². The minimum absolute atomic E-state index is 0.0699. The number of nitrogens with one attached hydrogen (secondary N) is 1. The van der Waals surface area contributed by atoms with E-state index < -0.39 is 0 Å². The van der Waals surface area contributed by atoms with Crippen molar-refractivity contribution in [2.45, 2.75) is 39.3 Å². The second kappa shape index (κ2) is 5.90. The van der Waals surface area contributed by atoms with Crippen LogP contribution >= 0.6 is 0 Å². The average molecular weight is 264 g/mol. The van der Waals surface area contributed by atoms with Crippen molar-refractivity contribution < 1.29 is 9.47 Å². The molecule has 1 aromatic carbocycles. The second-order valence-corrected chi connectivity index (χ2v) is 5.48. The van der Waals surface area contributed by atoms with E-state index in [0.717, 1.165) is 24.3 Å². The molecule has 0 aliphatic carbocycles. The zero-order valence-corrected chi connectivity index (χ0v) is 12.2. The summed E-state index contributed by atoms with van der Waals surface area (Å²) in [7, 11) is 1.71. The van der Waals surface area contributed by atoms with Gasteiger partial charge in [0.25, 0.3) is 0 Å². The van der Waals surface area contributed by atoms with Gasteiger partial charge in [0.05, 0.1) is 25.9 Å². The fraction of sp³-hybridized carbons (Fsp3) is 0.600. The largest absolute Gasteiger partial charge is 0.496 e. The summed E-state index contributed by atoms with van der Waals surface area (Å²) in [6, 6.07) is 4.30. The lowest BCUT2D eigenvalue weighted by atomic mass is 9.88. The molecule has 106 valence electrons. The monoisotopic (exact) mass is 264 g/mol. The number of hydrogen-bond acceptors (Lipinski definition) is 4. The molecular weight excluding hydrogens is 240 g/mol. The molecule has 3 atom stereocenters. The maximum atomic E-state index is 5.80. The molecule has 3 unspecified atom stereocenters. The molecule has 3 N–H and O–H groups in total. The zero-order valence-electron chi connectivity index (χ0n) is 12.2. The molecule has 2 rings (SSSR count). The first kappa shape index (κ1) is 14.3. The molecule has 0 aromatic heterocycles. The Balaban J connectivity index is 2.37. The number of ether oxygens (including phenoxy) is 2. The molecule has 1 saturated heterocycles. The van der Waals surface area contributed by atoms with Crippen molar-refractivity contribution in [1.82, 2.24) is 5.43 Å². The van der Waals surface area contributed by atoms with Gasteiger partial charge in [0.15, 0.2) is 0 Å². The quantitative estimate of drug-likeness (QED) is 0.647. The third kappa shape index (κ3) is 2.91. The Kier molecular flexibility index (Phi) is 4.45. The summed E-state index contributed by atoms with van der Waals surface area (Å²) in [5.41, 5.74) is 6.51. The maximum absolute atomic E-state index is 5.80. The van der Waals surface area contributed by atoms with Crippen LogP contribution in [0.15, 0.2) is 12.1 Å². The summed E-state index contributed by atoms with van der Waals surface area (Å²) in [5, 5.41) is 0. The molecular formula is C15H24N2O2. The minimum Gasteiger partial charge on any atom is -0.496 e. The Morgan fingerprint density at radius 2 is 2.16 bits per heavy atom. The number of aryl methyl sites for hydroxylation is 2. The molecule has 1 aromatic rings. The van der Waals surface area contributed by atoms with Crippen LogP contribution in [0, 0.1) is 19.8 Å². The van der Waals surface area contributed by atoms with E-state index in [1.165, 1.54) is 11.1 Å². The van der Waals surface area contributed by atoms with Crippen LogP contribution in [0.1, 0.15) is 36.1 Å². The number of rotatable bonds is 4. The van der Waals surface area contributed by atoms with Crippen molar-refractivity contribution in [3.05, 3.63) is 28.8 Å². The predicted molar refractivity (Wildman–Crippen MR) is 76.1 cm³/mol. The summed E-state index contributed by atoms with van der Waals surface area (Å²) in [6.07, 6.45) is 1.32. The van der Waals surface area contributed by atoms with Gasteiger partial charge in [-0.3, -0.25) is 11.3 Å². The SMILES string of the molecule is COc1cc(C)cc(C)c1C(NN)C1COC(C)C1. The Morgan fingerprint density at radius 1 is 1.42 bits per heavy atom. The van der Waals surface area contributed by atoms with Crippen LogP contribution in [-0.4, -0.2) is 19.8 Å². The molecule has 0 radical (unpaired) electrons. The van der Waals surface area contributed by atoms with Crippen LogP contribution < -0.4 is 16.0 Å². The first-order valence-corrected chi connectivity index (χ1v) is 6.79. The van der Waals surface area contributed by atoms with Crippen LogP contribution in [-0.2, 0) is 4.74 Å². The van der Waals surface area contributed by atoms with E-state index in [9.17, 15) is 0 Å². The maximum Gasteiger partial charge on any atom is 0.124 e. The molecule has 0 bridgehead atoms. The molecule has 4 nitrogen and oxygen atoms in total. The predicted octanol–water partition coefficient (Wildman–Crippen LogP) is 2.24. The number of nitrogens with two attached hydrogens (primary N) is 1. The van der Waals surface area contributed by atoms with Crippen LogP contribution in [0.4, 0.5) is 0 Å². The van der Waals surface area contributed by atoms with Gasteiger partial charge in [0.2, 0.25) is 0 Å².